The highest BCUT2D eigenvalue weighted by atomic mass is 35.5. The normalized spacial score (nSPS) is 18.3. The highest BCUT2D eigenvalue weighted by molar-refractivity contribution is 7.14. The summed E-state index contributed by atoms with van der Waals surface area (Å²) in [5.74, 6) is 0. The first-order valence-corrected chi connectivity index (χ1v) is 8.94. The molecule has 0 aliphatic carbocycles. The van der Waals surface area contributed by atoms with Gasteiger partial charge in [-0.05, 0) is 40.9 Å². The van der Waals surface area contributed by atoms with E-state index in [2.05, 4.69) is 21.7 Å². The number of urea groups is 1. The van der Waals surface area contributed by atoms with Crippen molar-refractivity contribution in [3.05, 3.63) is 39.4 Å². The van der Waals surface area contributed by atoms with Gasteiger partial charge in [-0.15, -0.1) is 35.1 Å². The molecule has 4 rings (SSSR count). The first-order chi connectivity index (χ1) is 10.3. The summed E-state index contributed by atoms with van der Waals surface area (Å²) in [5.41, 5.74) is 1.48. The molecule has 1 N–H and O–H groups in total. The van der Waals surface area contributed by atoms with Crippen LogP contribution in [0.4, 0.5) is 9.80 Å². The molecular weight excluding hydrogens is 338 g/mol. The Morgan fingerprint density at radius 2 is 2.09 bits per heavy atom. The summed E-state index contributed by atoms with van der Waals surface area (Å²) in [6.07, 6.45) is 1.16. The number of likely N-dealkylation sites (tertiary alicyclic amines) is 1. The molecule has 0 radical (unpaired) electrons. The lowest BCUT2D eigenvalue weighted by molar-refractivity contribution is 0.0533. The second-order valence-corrected chi connectivity index (χ2v) is 7.50. The van der Waals surface area contributed by atoms with Gasteiger partial charge >= 0.3 is 6.03 Å². The van der Waals surface area contributed by atoms with Crippen molar-refractivity contribution in [2.45, 2.75) is 19.0 Å². The number of carbonyl (C=O) groups is 1. The quantitative estimate of drug-likeness (QED) is 0.894. The van der Waals surface area contributed by atoms with Crippen molar-refractivity contribution >= 4 is 46.1 Å². The number of nitrogens with one attached hydrogen (secondary N) is 1. The van der Waals surface area contributed by atoms with Gasteiger partial charge in [-0.3, -0.25) is 10.2 Å². The van der Waals surface area contributed by atoms with Crippen LogP contribution in [0.15, 0.2) is 29.0 Å². The fraction of sp³-hybridized carbons (Fsp3) is 0.400. The molecule has 2 amide bonds. The van der Waals surface area contributed by atoms with Gasteiger partial charge in [0, 0.05) is 37.1 Å². The Hall–Kier alpha value is -1.08. The molecule has 2 aliphatic heterocycles. The van der Waals surface area contributed by atoms with Gasteiger partial charge < -0.3 is 4.90 Å². The number of thiophene rings is 2. The van der Waals surface area contributed by atoms with Gasteiger partial charge in [-0.25, -0.2) is 4.79 Å². The van der Waals surface area contributed by atoms with Crippen molar-refractivity contribution in [2.75, 3.05) is 25.0 Å². The van der Waals surface area contributed by atoms with Crippen molar-refractivity contribution in [3.8, 4) is 0 Å². The van der Waals surface area contributed by atoms with Crippen molar-refractivity contribution in [1.82, 2.24) is 9.80 Å². The van der Waals surface area contributed by atoms with Crippen molar-refractivity contribution in [3.63, 3.8) is 0 Å². The molecule has 1 fully saturated rings. The largest absolute Gasteiger partial charge is 0.322 e. The summed E-state index contributed by atoms with van der Waals surface area (Å²) in [5, 5.41) is 8.03. The minimum atomic E-state index is 0. The average Bonchev–Trinajstić information content (AvgIpc) is 3.07. The summed E-state index contributed by atoms with van der Waals surface area (Å²) in [6, 6.07) is 6.68. The van der Waals surface area contributed by atoms with Gasteiger partial charge in [-0.1, -0.05) is 0 Å². The molecule has 4 nitrogen and oxygen atoms in total. The second-order valence-electron chi connectivity index (χ2n) is 5.56. The van der Waals surface area contributed by atoms with Gasteiger partial charge in [0.1, 0.15) is 0 Å². The minimum Gasteiger partial charge on any atom is -0.321 e. The zero-order chi connectivity index (χ0) is 14.2. The number of fused-ring (bicyclic) bond motifs is 1. The SMILES string of the molecule is Cl.O=C(Nc1cccs1)N1CC(N2CCc3sccc3C2)C1. The summed E-state index contributed by atoms with van der Waals surface area (Å²) >= 11 is 3.43. The van der Waals surface area contributed by atoms with E-state index in [-0.39, 0.29) is 18.4 Å². The second kappa shape index (κ2) is 6.58. The maximum absolute atomic E-state index is 12.1. The molecule has 0 spiro atoms. The molecule has 0 unspecified atom stereocenters. The summed E-state index contributed by atoms with van der Waals surface area (Å²) in [6.45, 7) is 3.86. The molecule has 2 aliphatic rings. The Morgan fingerprint density at radius 3 is 2.86 bits per heavy atom. The van der Waals surface area contributed by atoms with E-state index in [1.807, 2.05) is 33.7 Å². The molecule has 2 aromatic heterocycles. The van der Waals surface area contributed by atoms with Crippen LogP contribution < -0.4 is 5.32 Å². The van der Waals surface area contributed by atoms with Crippen LogP contribution in [-0.2, 0) is 13.0 Å². The topological polar surface area (TPSA) is 35.6 Å². The first kappa shape index (κ1) is 15.8. The van der Waals surface area contributed by atoms with Gasteiger partial charge in [-0.2, -0.15) is 0 Å². The first-order valence-electron chi connectivity index (χ1n) is 7.18. The highest BCUT2D eigenvalue weighted by Gasteiger charge is 2.36. The molecule has 118 valence electrons. The molecule has 2 aromatic rings. The van der Waals surface area contributed by atoms with Crippen molar-refractivity contribution in [1.29, 1.82) is 0 Å². The number of hydrogen-bond acceptors (Lipinski definition) is 4. The van der Waals surface area contributed by atoms with Crippen LogP contribution in [0, 0.1) is 0 Å². The van der Waals surface area contributed by atoms with E-state index in [4.69, 9.17) is 0 Å². The molecule has 1 saturated heterocycles. The Balaban J connectivity index is 0.00000144. The fourth-order valence-electron chi connectivity index (χ4n) is 2.97. The van der Waals surface area contributed by atoms with E-state index in [0.717, 1.165) is 37.6 Å². The Morgan fingerprint density at radius 1 is 1.23 bits per heavy atom. The van der Waals surface area contributed by atoms with Crippen LogP contribution in [0.1, 0.15) is 10.4 Å². The molecule has 7 heteroatoms. The zero-order valence-electron chi connectivity index (χ0n) is 12.0. The number of hydrogen-bond donors (Lipinski definition) is 1. The number of rotatable bonds is 2. The van der Waals surface area contributed by atoms with Crippen LogP contribution in [-0.4, -0.2) is 41.5 Å². The van der Waals surface area contributed by atoms with Crippen molar-refractivity contribution in [2.24, 2.45) is 0 Å². The Labute approximate surface area is 144 Å². The number of halogens is 1. The third-order valence-corrected chi connectivity index (χ3v) is 6.06. The summed E-state index contributed by atoms with van der Waals surface area (Å²) in [7, 11) is 0. The maximum atomic E-state index is 12.1. The number of amides is 2. The van der Waals surface area contributed by atoms with Crippen LogP contribution in [0.25, 0.3) is 0 Å². The van der Waals surface area contributed by atoms with Gasteiger partial charge in [0.25, 0.3) is 0 Å². The van der Waals surface area contributed by atoms with Crippen LogP contribution >= 0.6 is 35.1 Å². The lowest BCUT2D eigenvalue weighted by Crippen LogP contribution is -2.62. The lowest BCUT2D eigenvalue weighted by atomic mass is 10.0. The standard InChI is InChI=1S/C15H17N3OS2.ClH/c19-15(16-14-2-1-6-21-14)18-9-12(10-18)17-5-3-13-11(8-17)4-7-20-13;/h1-2,4,6-7,12H,3,5,8-10H2,(H,16,19);1H. The van der Waals surface area contributed by atoms with E-state index in [1.165, 1.54) is 10.4 Å². The van der Waals surface area contributed by atoms with E-state index in [9.17, 15) is 4.79 Å². The molecule has 0 saturated carbocycles. The van der Waals surface area contributed by atoms with Crippen LogP contribution in [0.3, 0.4) is 0 Å². The smallest absolute Gasteiger partial charge is 0.321 e. The Kier molecular flexibility index (Phi) is 4.73. The zero-order valence-corrected chi connectivity index (χ0v) is 14.5. The average molecular weight is 356 g/mol. The van der Waals surface area contributed by atoms with Gasteiger partial charge in [0.15, 0.2) is 0 Å². The predicted octanol–water partition coefficient (Wildman–Crippen LogP) is 3.51. The summed E-state index contributed by atoms with van der Waals surface area (Å²) < 4.78 is 0. The van der Waals surface area contributed by atoms with E-state index >= 15 is 0 Å². The van der Waals surface area contributed by atoms with Crippen LogP contribution in [0.5, 0.6) is 0 Å². The molecule has 22 heavy (non-hydrogen) atoms. The van der Waals surface area contributed by atoms with E-state index in [1.54, 1.807) is 11.3 Å². The van der Waals surface area contributed by atoms with Gasteiger partial charge in [0.05, 0.1) is 5.00 Å². The molecular formula is C15H18ClN3OS2. The van der Waals surface area contributed by atoms with E-state index in [0.29, 0.717) is 6.04 Å². The monoisotopic (exact) mass is 355 g/mol. The third kappa shape index (κ3) is 3.01. The van der Waals surface area contributed by atoms with Crippen molar-refractivity contribution < 1.29 is 4.79 Å². The number of nitrogens with zero attached hydrogens (tertiary/aromatic N) is 2. The molecule has 0 bridgehead atoms. The Bertz CT molecular complexity index is 637. The lowest BCUT2D eigenvalue weighted by Gasteiger charge is -2.46. The predicted molar refractivity (Wildman–Crippen MR) is 94.4 cm³/mol. The van der Waals surface area contributed by atoms with E-state index < -0.39 is 0 Å². The number of anilines is 1. The number of carbonyl (C=O) groups excluding carboxylic acids is 1. The molecule has 4 heterocycles. The van der Waals surface area contributed by atoms with Gasteiger partial charge in [0.2, 0.25) is 0 Å². The third-order valence-electron chi connectivity index (χ3n) is 4.25. The maximum Gasteiger partial charge on any atom is 0.322 e. The summed E-state index contributed by atoms with van der Waals surface area (Å²) in [4.78, 5) is 18.0. The highest BCUT2D eigenvalue weighted by Crippen LogP contribution is 2.28. The minimum absolute atomic E-state index is 0. The molecule has 0 atom stereocenters. The van der Waals surface area contributed by atoms with Crippen LogP contribution in [0.2, 0.25) is 0 Å². The fourth-order valence-corrected chi connectivity index (χ4v) is 4.46. The molecule has 0 aromatic carbocycles.